The Bertz CT molecular complexity index is 347. The summed E-state index contributed by atoms with van der Waals surface area (Å²) in [6.07, 6.45) is 6.18. The average Bonchev–Trinajstić information content (AvgIpc) is 2.43. The average molecular weight is 277 g/mol. The lowest BCUT2D eigenvalue weighted by molar-refractivity contribution is 0.00881. The summed E-state index contributed by atoms with van der Waals surface area (Å²) in [4.78, 5) is 2.38. The van der Waals surface area contributed by atoms with Crippen LogP contribution in [0.25, 0.3) is 0 Å². The van der Waals surface area contributed by atoms with Crippen molar-refractivity contribution in [1.29, 1.82) is 0 Å². The lowest BCUT2D eigenvalue weighted by atomic mass is 10.1. The minimum absolute atomic E-state index is 0.377. The number of ether oxygens (including phenoxy) is 1. The first-order valence-corrected chi connectivity index (χ1v) is 7.86. The fourth-order valence-corrected chi connectivity index (χ4v) is 2.73. The minimum atomic E-state index is -0.377. The fourth-order valence-electron chi connectivity index (χ4n) is 2.73. The molecule has 1 saturated heterocycles. The van der Waals surface area contributed by atoms with E-state index < -0.39 is 0 Å². The molecule has 0 bridgehead atoms. The van der Waals surface area contributed by atoms with E-state index in [0.29, 0.717) is 13.2 Å². The van der Waals surface area contributed by atoms with Crippen molar-refractivity contribution in [2.45, 2.75) is 44.8 Å². The SMILES string of the molecule is OC(COCc1ccccc1)CN1CCCCCCC1. The summed E-state index contributed by atoms with van der Waals surface area (Å²) < 4.78 is 5.60. The van der Waals surface area contributed by atoms with Crippen LogP contribution in [0.2, 0.25) is 0 Å². The van der Waals surface area contributed by atoms with Gasteiger partial charge in [-0.25, -0.2) is 0 Å². The predicted molar refractivity (Wildman–Crippen MR) is 81.6 cm³/mol. The van der Waals surface area contributed by atoms with E-state index in [-0.39, 0.29) is 6.10 Å². The Morgan fingerprint density at radius 3 is 2.35 bits per heavy atom. The molecule has 1 fully saturated rings. The Kier molecular flexibility index (Phi) is 7.06. The van der Waals surface area contributed by atoms with Crippen molar-refractivity contribution in [3.8, 4) is 0 Å². The van der Waals surface area contributed by atoms with Crippen molar-refractivity contribution < 1.29 is 9.84 Å². The van der Waals surface area contributed by atoms with Gasteiger partial charge in [-0.3, -0.25) is 0 Å². The topological polar surface area (TPSA) is 32.7 Å². The Morgan fingerprint density at radius 1 is 1.00 bits per heavy atom. The van der Waals surface area contributed by atoms with Gasteiger partial charge in [0.1, 0.15) is 0 Å². The highest BCUT2D eigenvalue weighted by Gasteiger charge is 2.13. The van der Waals surface area contributed by atoms with E-state index in [1.165, 1.54) is 32.1 Å². The quantitative estimate of drug-likeness (QED) is 0.868. The number of aliphatic hydroxyl groups is 1. The van der Waals surface area contributed by atoms with Crippen molar-refractivity contribution in [2.75, 3.05) is 26.2 Å². The molecule has 1 atom stereocenters. The zero-order valence-corrected chi connectivity index (χ0v) is 12.3. The van der Waals surface area contributed by atoms with Crippen LogP contribution in [-0.2, 0) is 11.3 Å². The van der Waals surface area contributed by atoms with E-state index in [2.05, 4.69) is 4.90 Å². The molecule has 0 amide bonds. The number of rotatable bonds is 6. The van der Waals surface area contributed by atoms with Crippen LogP contribution in [0.3, 0.4) is 0 Å². The molecular formula is C17H27NO2. The van der Waals surface area contributed by atoms with Crippen molar-refractivity contribution in [3.63, 3.8) is 0 Å². The highest BCUT2D eigenvalue weighted by molar-refractivity contribution is 5.13. The van der Waals surface area contributed by atoms with Crippen LogP contribution in [0, 0.1) is 0 Å². The molecule has 1 unspecified atom stereocenters. The van der Waals surface area contributed by atoms with Crippen molar-refractivity contribution in [2.24, 2.45) is 0 Å². The van der Waals surface area contributed by atoms with Crippen molar-refractivity contribution in [1.82, 2.24) is 4.90 Å². The molecule has 1 aliphatic rings. The number of hydrogen-bond donors (Lipinski definition) is 1. The molecule has 1 aromatic carbocycles. The summed E-state index contributed by atoms with van der Waals surface area (Å²) in [5.41, 5.74) is 1.16. The number of nitrogens with zero attached hydrogens (tertiary/aromatic N) is 1. The normalized spacial score (nSPS) is 19.2. The first-order chi connectivity index (χ1) is 9.84. The zero-order valence-electron chi connectivity index (χ0n) is 12.3. The molecule has 112 valence electrons. The van der Waals surface area contributed by atoms with Crippen LogP contribution in [0.5, 0.6) is 0 Å². The molecule has 0 radical (unpaired) electrons. The van der Waals surface area contributed by atoms with E-state index >= 15 is 0 Å². The van der Waals surface area contributed by atoms with Gasteiger partial charge in [-0.1, -0.05) is 49.6 Å². The third-order valence-corrected chi connectivity index (χ3v) is 3.84. The second kappa shape index (κ2) is 9.11. The van der Waals surface area contributed by atoms with Crippen LogP contribution >= 0.6 is 0 Å². The van der Waals surface area contributed by atoms with E-state index in [1.807, 2.05) is 30.3 Å². The smallest absolute Gasteiger partial charge is 0.0900 e. The maximum atomic E-state index is 10.1. The molecule has 0 spiro atoms. The second-order valence-corrected chi connectivity index (χ2v) is 5.72. The number of aliphatic hydroxyl groups excluding tert-OH is 1. The van der Waals surface area contributed by atoms with E-state index in [4.69, 9.17) is 4.74 Å². The van der Waals surface area contributed by atoms with Crippen LogP contribution in [0.15, 0.2) is 30.3 Å². The van der Waals surface area contributed by atoms with Gasteiger partial charge in [0.25, 0.3) is 0 Å². The highest BCUT2D eigenvalue weighted by atomic mass is 16.5. The van der Waals surface area contributed by atoms with Gasteiger partial charge in [-0.2, -0.15) is 0 Å². The zero-order chi connectivity index (χ0) is 14.0. The maximum absolute atomic E-state index is 10.1. The van der Waals surface area contributed by atoms with E-state index in [0.717, 1.165) is 25.2 Å². The first kappa shape index (κ1) is 15.5. The Balaban J connectivity index is 1.62. The molecule has 1 aromatic rings. The number of β-amino-alcohol motifs (C(OH)–C–C–N with tert-alkyl or cyclic N) is 1. The van der Waals surface area contributed by atoms with Gasteiger partial charge in [0.05, 0.1) is 19.3 Å². The molecule has 0 aromatic heterocycles. The van der Waals surface area contributed by atoms with Gasteiger partial charge in [0.15, 0.2) is 0 Å². The fraction of sp³-hybridized carbons (Fsp3) is 0.647. The largest absolute Gasteiger partial charge is 0.389 e. The van der Waals surface area contributed by atoms with E-state index in [1.54, 1.807) is 0 Å². The molecule has 1 N–H and O–H groups in total. The Labute approximate surface area is 122 Å². The van der Waals surface area contributed by atoms with Gasteiger partial charge in [-0.15, -0.1) is 0 Å². The monoisotopic (exact) mass is 277 g/mol. The summed E-state index contributed by atoms with van der Waals surface area (Å²) in [5, 5.41) is 10.1. The van der Waals surface area contributed by atoms with Crippen LogP contribution in [-0.4, -0.2) is 42.4 Å². The lowest BCUT2D eigenvalue weighted by Crippen LogP contribution is -2.36. The molecule has 2 rings (SSSR count). The summed E-state index contributed by atoms with van der Waals surface area (Å²) in [6, 6.07) is 10.1. The van der Waals surface area contributed by atoms with Gasteiger partial charge >= 0.3 is 0 Å². The highest BCUT2D eigenvalue weighted by Crippen LogP contribution is 2.11. The summed E-state index contributed by atoms with van der Waals surface area (Å²) in [6.45, 7) is 3.99. The number of likely N-dealkylation sites (tertiary alicyclic amines) is 1. The second-order valence-electron chi connectivity index (χ2n) is 5.72. The minimum Gasteiger partial charge on any atom is -0.389 e. The maximum Gasteiger partial charge on any atom is 0.0900 e. The molecule has 1 heterocycles. The summed E-state index contributed by atoms with van der Waals surface area (Å²) >= 11 is 0. The number of hydrogen-bond acceptors (Lipinski definition) is 3. The molecule has 3 heteroatoms. The summed E-state index contributed by atoms with van der Waals surface area (Å²) in [5.74, 6) is 0. The van der Waals surface area contributed by atoms with Crippen LogP contribution in [0.4, 0.5) is 0 Å². The van der Waals surface area contributed by atoms with Gasteiger partial charge in [0.2, 0.25) is 0 Å². The Hall–Kier alpha value is -0.900. The van der Waals surface area contributed by atoms with Crippen LogP contribution < -0.4 is 0 Å². The molecule has 20 heavy (non-hydrogen) atoms. The lowest BCUT2D eigenvalue weighted by Gasteiger charge is -2.26. The van der Waals surface area contributed by atoms with Crippen molar-refractivity contribution in [3.05, 3.63) is 35.9 Å². The first-order valence-electron chi connectivity index (χ1n) is 7.86. The molecule has 0 saturated carbocycles. The van der Waals surface area contributed by atoms with Gasteiger partial charge in [0, 0.05) is 6.54 Å². The third kappa shape index (κ3) is 6.04. The molecular weight excluding hydrogens is 250 g/mol. The molecule has 0 aliphatic carbocycles. The molecule has 1 aliphatic heterocycles. The van der Waals surface area contributed by atoms with Gasteiger partial charge < -0.3 is 14.7 Å². The standard InChI is InChI=1S/C17H27NO2/c19-17(13-18-11-7-2-1-3-8-12-18)15-20-14-16-9-5-4-6-10-16/h4-6,9-10,17,19H,1-3,7-8,11-15H2. The van der Waals surface area contributed by atoms with Crippen LogP contribution in [0.1, 0.15) is 37.7 Å². The predicted octanol–water partition coefficient (Wildman–Crippen LogP) is 2.83. The van der Waals surface area contributed by atoms with Crippen molar-refractivity contribution >= 4 is 0 Å². The summed E-state index contributed by atoms with van der Waals surface area (Å²) in [7, 11) is 0. The third-order valence-electron chi connectivity index (χ3n) is 3.84. The Morgan fingerprint density at radius 2 is 1.65 bits per heavy atom. The molecule has 3 nitrogen and oxygen atoms in total. The van der Waals surface area contributed by atoms with Gasteiger partial charge in [-0.05, 0) is 31.5 Å². The number of benzene rings is 1. The van der Waals surface area contributed by atoms with E-state index in [9.17, 15) is 5.11 Å².